The first-order valence-corrected chi connectivity index (χ1v) is 11.9. The second kappa shape index (κ2) is 14.3. The molecular weight excluding hydrogens is 424 g/mol. The summed E-state index contributed by atoms with van der Waals surface area (Å²) in [6.07, 6.45) is 0. The maximum Gasteiger partial charge on any atom is 0.325 e. The normalized spacial score (nSPS) is 11.9. The summed E-state index contributed by atoms with van der Waals surface area (Å²) in [5.74, 6) is -0.510. The van der Waals surface area contributed by atoms with Crippen LogP contribution in [-0.4, -0.2) is 55.4 Å². The molecule has 3 aromatic rings. The lowest BCUT2D eigenvalue weighted by molar-refractivity contribution is -0.144. The molecule has 0 unspecified atom stereocenters. The van der Waals surface area contributed by atoms with E-state index < -0.39 is 17.6 Å². The lowest BCUT2D eigenvalue weighted by Gasteiger charge is -2.39. The first-order chi connectivity index (χ1) is 16.6. The van der Waals surface area contributed by atoms with Crippen molar-refractivity contribution in [2.24, 2.45) is 0 Å². The molecule has 5 nitrogen and oxygen atoms in total. The number of carbonyl (C=O) groups excluding carboxylic acids is 1. The Kier molecular flexibility index (Phi) is 11.5. The first-order valence-electron chi connectivity index (χ1n) is 11.9. The van der Waals surface area contributed by atoms with Gasteiger partial charge in [0.2, 0.25) is 0 Å². The molecule has 0 heterocycles. The smallest absolute Gasteiger partial charge is 0.325 e. The highest BCUT2D eigenvalue weighted by molar-refractivity contribution is 5.76. The molecule has 0 saturated carbocycles. The molecule has 1 atom stereocenters. The SMILES string of the molecule is CCN(CC)CC.COC(=O)[C@H](CO)NC(c1ccccc1)(c1ccccc1)c1ccccc1. The maximum absolute atomic E-state index is 12.3. The van der Waals surface area contributed by atoms with E-state index in [1.165, 1.54) is 26.7 Å². The van der Waals surface area contributed by atoms with Crippen LogP contribution in [0, 0.1) is 0 Å². The maximum atomic E-state index is 12.3. The first kappa shape index (κ1) is 27.3. The van der Waals surface area contributed by atoms with Crippen LogP contribution in [0.15, 0.2) is 91.0 Å². The van der Waals surface area contributed by atoms with Crippen LogP contribution in [0.2, 0.25) is 0 Å². The molecule has 182 valence electrons. The molecule has 0 spiro atoms. The highest BCUT2D eigenvalue weighted by atomic mass is 16.5. The number of hydrogen-bond donors (Lipinski definition) is 2. The fraction of sp³-hybridized carbons (Fsp3) is 0.345. The Morgan fingerprint density at radius 3 is 1.38 bits per heavy atom. The van der Waals surface area contributed by atoms with Gasteiger partial charge in [0.25, 0.3) is 0 Å². The van der Waals surface area contributed by atoms with Crippen LogP contribution in [0.3, 0.4) is 0 Å². The van der Waals surface area contributed by atoms with Crippen molar-refractivity contribution < 1.29 is 14.6 Å². The number of esters is 1. The molecule has 0 aliphatic heterocycles. The summed E-state index contributed by atoms with van der Waals surface area (Å²) in [4.78, 5) is 14.6. The van der Waals surface area contributed by atoms with Crippen molar-refractivity contribution >= 4 is 5.97 Å². The summed E-state index contributed by atoms with van der Waals surface area (Å²) in [6.45, 7) is 9.75. The molecular formula is C29H38N2O3. The molecule has 0 saturated heterocycles. The molecule has 3 rings (SSSR count). The van der Waals surface area contributed by atoms with Crippen molar-refractivity contribution in [2.45, 2.75) is 32.4 Å². The van der Waals surface area contributed by atoms with Crippen LogP contribution < -0.4 is 5.32 Å². The third kappa shape index (κ3) is 6.76. The summed E-state index contributed by atoms with van der Waals surface area (Å²) in [5.41, 5.74) is 2.06. The van der Waals surface area contributed by atoms with Gasteiger partial charge in [-0.2, -0.15) is 0 Å². The number of aliphatic hydroxyl groups is 1. The van der Waals surface area contributed by atoms with Gasteiger partial charge in [0, 0.05) is 0 Å². The quantitative estimate of drug-likeness (QED) is 0.344. The van der Waals surface area contributed by atoms with E-state index in [4.69, 9.17) is 4.74 Å². The fourth-order valence-electron chi connectivity index (χ4n) is 4.07. The predicted octanol–water partition coefficient (Wildman–Crippen LogP) is 4.45. The Morgan fingerprint density at radius 2 is 1.15 bits per heavy atom. The Morgan fingerprint density at radius 1 is 0.794 bits per heavy atom. The number of ether oxygens (including phenoxy) is 1. The Labute approximate surface area is 204 Å². The molecule has 0 aliphatic rings. The minimum absolute atomic E-state index is 0.374. The van der Waals surface area contributed by atoms with Crippen LogP contribution in [0.25, 0.3) is 0 Å². The average Bonchev–Trinajstić information content (AvgIpc) is 2.92. The van der Waals surface area contributed by atoms with E-state index in [-0.39, 0.29) is 6.61 Å². The van der Waals surface area contributed by atoms with Crippen LogP contribution in [-0.2, 0) is 15.1 Å². The molecule has 34 heavy (non-hydrogen) atoms. The van der Waals surface area contributed by atoms with Gasteiger partial charge in [-0.15, -0.1) is 0 Å². The monoisotopic (exact) mass is 462 g/mol. The lowest BCUT2D eigenvalue weighted by Crippen LogP contribution is -2.54. The number of nitrogens with one attached hydrogen (secondary N) is 1. The van der Waals surface area contributed by atoms with Gasteiger partial charge < -0.3 is 14.7 Å². The molecule has 0 bridgehead atoms. The topological polar surface area (TPSA) is 61.8 Å². The number of methoxy groups -OCH3 is 1. The van der Waals surface area contributed by atoms with E-state index in [1.54, 1.807) is 0 Å². The van der Waals surface area contributed by atoms with E-state index >= 15 is 0 Å². The van der Waals surface area contributed by atoms with Gasteiger partial charge in [-0.3, -0.25) is 10.1 Å². The zero-order valence-corrected chi connectivity index (χ0v) is 20.8. The van der Waals surface area contributed by atoms with Crippen LogP contribution in [0.4, 0.5) is 0 Å². The number of rotatable bonds is 10. The second-order valence-electron chi connectivity index (χ2n) is 7.87. The Balaban J connectivity index is 0.000000509. The molecule has 0 fully saturated rings. The Hall–Kier alpha value is -2.99. The number of hydrogen-bond acceptors (Lipinski definition) is 5. The van der Waals surface area contributed by atoms with Crippen molar-refractivity contribution in [3.05, 3.63) is 108 Å². The molecule has 5 heteroatoms. The standard InChI is InChI=1S/C23H23NO3.C6H15N/c1-27-22(26)21(17-25)24-23(18-11-5-2-6-12-18,19-13-7-3-8-14-19)20-15-9-4-10-16-20;1-4-7(5-2)6-3/h2-16,21,24-25H,17H2,1H3;4-6H2,1-3H3/t21-;/m0./s1. The second-order valence-corrected chi connectivity index (χ2v) is 7.87. The molecule has 0 radical (unpaired) electrons. The highest BCUT2D eigenvalue weighted by Crippen LogP contribution is 2.37. The summed E-state index contributed by atoms with van der Waals surface area (Å²) < 4.78 is 4.90. The summed E-state index contributed by atoms with van der Waals surface area (Å²) >= 11 is 0. The molecule has 0 amide bonds. The van der Waals surface area contributed by atoms with Crippen molar-refractivity contribution in [1.29, 1.82) is 0 Å². The fourth-order valence-corrected chi connectivity index (χ4v) is 4.07. The highest BCUT2D eigenvalue weighted by Gasteiger charge is 2.39. The zero-order chi connectivity index (χ0) is 24.8. The predicted molar refractivity (Wildman–Crippen MR) is 139 cm³/mol. The van der Waals surface area contributed by atoms with E-state index in [9.17, 15) is 9.90 Å². The van der Waals surface area contributed by atoms with E-state index in [0.29, 0.717) is 0 Å². The number of aliphatic hydroxyl groups excluding tert-OH is 1. The summed E-state index contributed by atoms with van der Waals surface area (Å²) in [6, 6.07) is 28.8. The zero-order valence-electron chi connectivity index (χ0n) is 20.8. The molecule has 0 aromatic heterocycles. The summed E-state index contributed by atoms with van der Waals surface area (Å²) in [7, 11) is 1.32. The third-order valence-corrected chi connectivity index (χ3v) is 6.02. The van der Waals surface area contributed by atoms with E-state index in [0.717, 1.165) is 16.7 Å². The van der Waals surface area contributed by atoms with Crippen molar-refractivity contribution in [2.75, 3.05) is 33.4 Å². The van der Waals surface area contributed by atoms with Crippen LogP contribution in [0.5, 0.6) is 0 Å². The Bertz CT molecular complexity index is 843. The number of benzene rings is 3. The average molecular weight is 463 g/mol. The lowest BCUT2D eigenvalue weighted by atomic mass is 9.76. The number of carbonyl (C=O) groups is 1. The van der Waals surface area contributed by atoms with Crippen molar-refractivity contribution in [3.8, 4) is 0 Å². The van der Waals surface area contributed by atoms with Crippen LogP contribution >= 0.6 is 0 Å². The van der Waals surface area contributed by atoms with Gasteiger partial charge in [-0.1, -0.05) is 112 Å². The minimum Gasteiger partial charge on any atom is -0.468 e. The molecule has 2 N–H and O–H groups in total. The van der Waals surface area contributed by atoms with Gasteiger partial charge in [-0.05, 0) is 36.3 Å². The van der Waals surface area contributed by atoms with E-state index in [2.05, 4.69) is 31.0 Å². The van der Waals surface area contributed by atoms with Crippen molar-refractivity contribution in [1.82, 2.24) is 10.2 Å². The van der Waals surface area contributed by atoms with Crippen LogP contribution in [0.1, 0.15) is 37.5 Å². The largest absolute Gasteiger partial charge is 0.468 e. The van der Waals surface area contributed by atoms with Gasteiger partial charge in [0.15, 0.2) is 0 Å². The van der Waals surface area contributed by atoms with Crippen molar-refractivity contribution in [3.63, 3.8) is 0 Å². The van der Waals surface area contributed by atoms with Gasteiger partial charge >= 0.3 is 5.97 Å². The van der Waals surface area contributed by atoms with Gasteiger partial charge in [0.05, 0.1) is 19.3 Å². The third-order valence-electron chi connectivity index (χ3n) is 6.02. The number of nitrogens with zero attached hydrogens (tertiary/aromatic N) is 1. The molecule has 0 aliphatic carbocycles. The van der Waals surface area contributed by atoms with E-state index in [1.807, 2.05) is 91.0 Å². The molecule has 3 aromatic carbocycles. The summed E-state index contributed by atoms with van der Waals surface area (Å²) in [5, 5.41) is 13.3. The van der Waals surface area contributed by atoms with Gasteiger partial charge in [0.1, 0.15) is 6.04 Å². The van der Waals surface area contributed by atoms with Gasteiger partial charge in [-0.25, -0.2) is 0 Å². The minimum atomic E-state index is -0.879.